The van der Waals surface area contributed by atoms with Crippen molar-refractivity contribution in [3.63, 3.8) is 0 Å². The maximum atomic E-state index is 10.8. The number of hydrogen-bond donors (Lipinski definition) is 1. The summed E-state index contributed by atoms with van der Waals surface area (Å²) in [6.45, 7) is 0. The molecule has 12 heavy (non-hydrogen) atoms. The van der Waals surface area contributed by atoms with Crippen LogP contribution in [0.2, 0.25) is 10.0 Å². The fraction of sp³-hybridized carbons (Fsp3) is 0. The molecule has 0 fully saturated rings. The largest absolute Gasteiger partial charge is 0.399 e. The van der Waals surface area contributed by atoms with E-state index in [1.807, 2.05) is 0 Å². The van der Waals surface area contributed by atoms with E-state index in [4.69, 9.17) is 40.5 Å². The lowest BCUT2D eigenvalue weighted by Crippen LogP contribution is -1.94. The quantitative estimate of drug-likeness (QED) is 0.589. The first-order chi connectivity index (χ1) is 5.52. The molecule has 1 aromatic rings. The van der Waals surface area contributed by atoms with Gasteiger partial charge in [0.05, 0.1) is 15.6 Å². The van der Waals surface area contributed by atoms with Crippen molar-refractivity contribution in [3.05, 3.63) is 27.7 Å². The van der Waals surface area contributed by atoms with Gasteiger partial charge in [-0.15, -0.1) is 0 Å². The highest BCUT2D eigenvalue weighted by molar-refractivity contribution is 6.70. The van der Waals surface area contributed by atoms with Gasteiger partial charge in [0.1, 0.15) is 0 Å². The average molecular weight is 224 g/mol. The maximum Gasteiger partial charge on any atom is 0.255 e. The SMILES string of the molecule is Nc1cc(Cl)c(C(=O)Cl)c(Cl)c1. The lowest BCUT2D eigenvalue weighted by molar-refractivity contribution is 0.108. The first-order valence-corrected chi connectivity index (χ1v) is 4.10. The Kier molecular flexibility index (Phi) is 2.83. The highest BCUT2D eigenvalue weighted by atomic mass is 35.5. The zero-order chi connectivity index (χ0) is 9.30. The average Bonchev–Trinajstić information content (AvgIpc) is 1.82. The molecule has 2 nitrogen and oxygen atoms in total. The van der Waals surface area contributed by atoms with Crippen LogP contribution in [0.25, 0.3) is 0 Å². The molecule has 2 N–H and O–H groups in total. The summed E-state index contributed by atoms with van der Waals surface area (Å²) in [6.07, 6.45) is 0. The standard InChI is InChI=1S/C7H4Cl3NO/c8-4-1-3(11)2-5(9)6(4)7(10)12/h1-2H,11H2. The van der Waals surface area contributed by atoms with Gasteiger partial charge in [0.25, 0.3) is 5.24 Å². The first-order valence-electron chi connectivity index (χ1n) is 2.96. The van der Waals surface area contributed by atoms with E-state index in [0.717, 1.165) is 0 Å². The van der Waals surface area contributed by atoms with Crippen LogP contribution in [-0.4, -0.2) is 5.24 Å². The van der Waals surface area contributed by atoms with E-state index in [1.165, 1.54) is 12.1 Å². The van der Waals surface area contributed by atoms with Gasteiger partial charge in [-0.2, -0.15) is 0 Å². The van der Waals surface area contributed by atoms with Crippen molar-refractivity contribution >= 4 is 45.7 Å². The summed E-state index contributed by atoms with van der Waals surface area (Å²) in [5.74, 6) is 0. The van der Waals surface area contributed by atoms with Crippen molar-refractivity contribution in [3.8, 4) is 0 Å². The van der Waals surface area contributed by atoms with Crippen molar-refractivity contribution in [2.45, 2.75) is 0 Å². The minimum absolute atomic E-state index is 0.0919. The predicted octanol–water partition coefficient (Wildman–Crippen LogP) is 2.95. The molecule has 0 spiro atoms. The fourth-order valence-corrected chi connectivity index (χ4v) is 1.76. The number of nitrogens with two attached hydrogens (primary N) is 1. The highest BCUT2D eigenvalue weighted by Gasteiger charge is 2.12. The van der Waals surface area contributed by atoms with Gasteiger partial charge in [-0.1, -0.05) is 23.2 Å². The van der Waals surface area contributed by atoms with Gasteiger partial charge in [-0.3, -0.25) is 4.79 Å². The van der Waals surface area contributed by atoms with Gasteiger partial charge < -0.3 is 5.73 Å². The van der Waals surface area contributed by atoms with E-state index in [2.05, 4.69) is 0 Å². The van der Waals surface area contributed by atoms with Crippen molar-refractivity contribution in [2.24, 2.45) is 0 Å². The summed E-state index contributed by atoms with van der Waals surface area (Å²) in [5.41, 5.74) is 5.89. The summed E-state index contributed by atoms with van der Waals surface area (Å²) in [6, 6.07) is 2.84. The molecule has 0 heterocycles. The lowest BCUT2D eigenvalue weighted by Gasteiger charge is -2.02. The lowest BCUT2D eigenvalue weighted by atomic mass is 10.2. The molecule has 0 bridgehead atoms. The number of carbonyl (C=O) groups is 1. The molecule has 1 rings (SSSR count). The molecule has 0 aliphatic rings. The van der Waals surface area contributed by atoms with Crippen molar-refractivity contribution < 1.29 is 4.79 Å². The first kappa shape index (κ1) is 9.65. The normalized spacial score (nSPS) is 9.92. The second-order valence-corrected chi connectivity index (χ2v) is 3.29. The van der Waals surface area contributed by atoms with E-state index >= 15 is 0 Å². The Bertz CT molecular complexity index is 314. The molecule has 0 saturated carbocycles. The fourth-order valence-electron chi connectivity index (χ4n) is 0.781. The number of hydrogen-bond acceptors (Lipinski definition) is 2. The zero-order valence-electron chi connectivity index (χ0n) is 5.77. The third-order valence-corrected chi connectivity index (χ3v) is 2.05. The molecule has 64 valence electrons. The van der Waals surface area contributed by atoms with Crippen LogP contribution < -0.4 is 5.73 Å². The minimum atomic E-state index is -0.690. The molecule has 0 aliphatic heterocycles. The molecule has 0 unspecified atom stereocenters. The summed E-state index contributed by atoms with van der Waals surface area (Å²) in [7, 11) is 0. The van der Waals surface area contributed by atoms with Gasteiger partial charge in [-0.05, 0) is 23.7 Å². The molecule has 0 saturated heterocycles. The van der Waals surface area contributed by atoms with Gasteiger partial charge >= 0.3 is 0 Å². The van der Waals surface area contributed by atoms with Crippen LogP contribution in [0.5, 0.6) is 0 Å². The van der Waals surface area contributed by atoms with Gasteiger partial charge in [-0.25, -0.2) is 0 Å². The van der Waals surface area contributed by atoms with Crippen LogP contribution in [0.15, 0.2) is 12.1 Å². The molecule has 0 amide bonds. The number of anilines is 1. The van der Waals surface area contributed by atoms with Crippen molar-refractivity contribution in [1.82, 2.24) is 0 Å². The smallest absolute Gasteiger partial charge is 0.255 e. The molecular formula is C7H4Cl3NO. The Morgan fingerprint density at radius 1 is 1.25 bits per heavy atom. The van der Waals surface area contributed by atoms with E-state index < -0.39 is 5.24 Å². The number of carbonyl (C=O) groups excluding carboxylic acids is 1. The third-order valence-electron chi connectivity index (χ3n) is 1.26. The Labute approximate surface area is 84.2 Å². The second kappa shape index (κ2) is 3.52. The molecule has 0 aliphatic carbocycles. The highest BCUT2D eigenvalue weighted by Crippen LogP contribution is 2.28. The molecule has 0 radical (unpaired) electrons. The Balaban J connectivity index is 3.38. The summed E-state index contributed by atoms with van der Waals surface area (Å²) in [4.78, 5) is 10.8. The molecule has 0 atom stereocenters. The molecule has 5 heteroatoms. The molecule has 0 aromatic heterocycles. The van der Waals surface area contributed by atoms with Crippen molar-refractivity contribution in [2.75, 3.05) is 5.73 Å². The second-order valence-electron chi connectivity index (χ2n) is 2.13. The van der Waals surface area contributed by atoms with Crippen LogP contribution in [-0.2, 0) is 0 Å². The van der Waals surface area contributed by atoms with Gasteiger partial charge in [0.15, 0.2) is 0 Å². The molecule has 1 aromatic carbocycles. The summed E-state index contributed by atoms with van der Waals surface area (Å²) < 4.78 is 0. The van der Waals surface area contributed by atoms with Crippen LogP contribution >= 0.6 is 34.8 Å². The topological polar surface area (TPSA) is 43.1 Å². The number of benzene rings is 1. The minimum Gasteiger partial charge on any atom is -0.399 e. The molecular weight excluding hydrogens is 220 g/mol. The summed E-state index contributed by atoms with van der Waals surface area (Å²) in [5, 5.41) is -0.356. The number of halogens is 3. The van der Waals surface area contributed by atoms with E-state index in [9.17, 15) is 4.79 Å². The Morgan fingerprint density at radius 2 is 1.67 bits per heavy atom. The van der Waals surface area contributed by atoms with Gasteiger partial charge in [0.2, 0.25) is 0 Å². The Morgan fingerprint density at radius 3 is 2.00 bits per heavy atom. The van der Waals surface area contributed by atoms with Crippen LogP contribution in [0.1, 0.15) is 10.4 Å². The van der Waals surface area contributed by atoms with Crippen LogP contribution in [0.3, 0.4) is 0 Å². The van der Waals surface area contributed by atoms with Crippen LogP contribution in [0.4, 0.5) is 5.69 Å². The summed E-state index contributed by atoms with van der Waals surface area (Å²) >= 11 is 16.5. The maximum absolute atomic E-state index is 10.8. The van der Waals surface area contributed by atoms with Gasteiger partial charge in [0, 0.05) is 5.69 Å². The number of nitrogen functional groups attached to an aromatic ring is 1. The van der Waals surface area contributed by atoms with Crippen LogP contribution in [0, 0.1) is 0 Å². The number of rotatable bonds is 1. The zero-order valence-corrected chi connectivity index (χ0v) is 8.04. The van der Waals surface area contributed by atoms with E-state index in [1.54, 1.807) is 0 Å². The predicted molar refractivity (Wildman–Crippen MR) is 51.1 cm³/mol. The van der Waals surface area contributed by atoms with E-state index in [0.29, 0.717) is 5.69 Å². The van der Waals surface area contributed by atoms with E-state index in [-0.39, 0.29) is 15.6 Å². The third kappa shape index (κ3) is 1.83. The monoisotopic (exact) mass is 223 g/mol. The van der Waals surface area contributed by atoms with Crippen molar-refractivity contribution in [1.29, 1.82) is 0 Å². The Hall–Kier alpha value is -0.440.